The molecule has 31 heavy (non-hydrogen) atoms. The summed E-state index contributed by atoms with van der Waals surface area (Å²) in [5.41, 5.74) is 1.79. The van der Waals surface area contributed by atoms with Crippen molar-refractivity contribution in [3.63, 3.8) is 0 Å². The van der Waals surface area contributed by atoms with Crippen molar-refractivity contribution >= 4 is 27.8 Å². The maximum absolute atomic E-state index is 15.5. The van der Waals surface area contributed by atoms with Gasteiger partial charge < -0.3 is 9.67 Å². The first-order valence-corrected chi connectivity index (χ1v) is 9.73. The van der Waals surface area contributed by atoms with E-state index in [-0.39, 0.29) is 12.0 Å². The van der Waals surface area contributed by atoms with E-state index in [1.54, 1.807) is 29.0 Å². The van der Waals surface area contributed by atoms with E-state index in [1.165, 1.54) is 12.1 Å². The van der Waals surface area contributed by atoms with Crippen molar-refractivity contribution in [1.29, 1.82) is 5.26 Å². The van der Waals surface area contributed by atoms with E-state index in [2.05, 4.69) is 16.3 Å². The number of aliphatic carboxylic acids is 1. The molecule has 2 aromatic carbocycles. The zero-order valence-corrected chi connectivity index (χ0v) is 17.0. The molecule has 0 unspecified atom stereocenters. The van der Waals surface area contributed by atoms with Gasteiger partial charge in [0.05, 0.1) is 29.7 Å². The maximum atomic E-state index is 15.5. The van der Waals surface area contributed by atoms with Crippen LogP contribution in [0.15, 0.2) is 42.6 Å². The Balaban J connectivity index is 2.17. The molecule has 0 aliphatic carbocycles. The molecule has 0 bridgehead atoms. The first-order chi connectivity index (χ1) is 14.7. The number of aromatic amines is 1. The number of rotatable bonds is 6. The second kappa shape index (κ2) is 7.51. The van der Waals surface area contributed by atoms with Crippen LogP contribution in [0.3, 0.4) is 0 Å². The number of hydrogen-bond acceptors (Lipinski definition) is 3. The van der Waals surface area contributed by atoms with Gasteiger partial charge in [0.25, 0.3) is 0 Å². The largest absolute Gasteiger partial charge is 0.481 e. The highest BCUT2D eigenvalue weighted by Gasteiger charge is 2.35. The third kappa shape index (κ3) is 3.52. The second-order valence-corrected chi connectivity index (χ2v) is 8.18. The summed E-state index contributed by atoms with van der Waals surface area (Å²) in [6, 6.07) is 11.5. The van der Waals surface area contributed by atoms with E-state index in [1.807, 2.05) is 19.9 Å². The molecule has 2 N–H and O–H groups in total. The van der Waals surface area contributed by atoms with E-state index in [9.17, 15) is 19.6 Å². The number of carboxylic acid groups (broad SMARTS) is 1. The number of carbonyl (C=O) groups is 1. The second-order valence-electron chi connectivity index (χ2n) is 8.18. The minimum atomic E-state index is -1.80. The molecule has 4 rings (SSSR count). The summed E-state index contributed by atoms with van der Waals surface area (Å²) < 4.78 is 30.9. The number of fused-ring (bicyclic) bond motifs is 2. The smallest absolute Gasteiger partial charge is 0.306 e. The molecule has 2 aromatic heterocycles. The van der Waals surface area contributed by atoms with Crippen LogP contribution in [-0.4, -0.2) is 25.8 Å². The highest BCUT2D eigenvalue weighted by molar-refractivity contribution is 5.99. The van der Waals surface area contributed by atoms with Gasteiger partial charge in [0.1, 0.15) is 12.0 Å². The first kappa shape index (κ1) is 20.5. The summed E-state index contributed by atoms with van der Waals surface area (Å²) in [4.78, 5) is 11.3. The van der Waals surface area contributed by atoms with Gasteiger partial charge >= 0.3 is 5.97 Å². The Labute approximate surface area is 176 Å². The fourth-order valence-electron chi connectivity index (χ4n) is 4.13. The van der Waals surface area contributed by atoms with Gasteiger partial charge in [-0.3, -0.25) is 9.89 Å². The van der Waals surface area contributed by atoms with Crippen molar-refractivity contribution in [2.75, 3.05) is 0 Å². The van der Waals surface area contributed by atoms with Crippen molar-refractivity contribution < 1.29 is 18.7 Å². The van der Waals surface area contributed by atoms with E-state index >= 15 is 4.39 Å². The third-order valence-corrected chi connectivity index (χ3v) is 5.48. The van der Waals surface area contributed by atoms with Crippen LogP contribution in [-0.2, 0) is 10.2 Å². The van der Waals surface area contributed by atoms with Gasteiger partial charge in [0.2, 0.25) is 0 Å². The lowest BCUT2D eigenvalue weighted by Crippen LogP contribution is -2.23. The highest BCUT2D eigenvalue weighted by atomic mass is 19.1. The van der Waals surface area contributed by atoms with Gasteiger partial charge in [-0.2, -0.15) is 10.4 Å². The zero-order chi connectivity index (χ0) is 22.3. The number of nitrogens with one attached hydrogen (secondary N) is 1. The quantitative estimate of drug-likeness (QED) is 0.439. The summed E-state index contributed by atoms with van der Waals surface area (Å²) >= 11 is 0. The Bertz CT molecular complexity index is 1330. The van der Waals surface area contributed by atoms with Crippen LogP contribution in [0.25, 0.3) is 27.5 Å². The average molecular weight is 422 g/mol. The van der Waals surface area contributed by atoms with Crippen LogP contribution >= 0.6 is 0 Å². The number of halogens is 2. The summed E-state index contributed by atoms with van der Waals surface area (Å²) in [6.07, 6.45) is -0.786. The van der Waals surface area contributed by atoms with Gasteiger partial charge in [-0.05, 0) is 36.4 Å². The Morgan fingerprint density at radius 2 is 2.03 bits per heavy atom. The lowest BCUT2D eigenvalue weighted by atomic mass is 9.82. The molecule has 0 spiro atoms. The zero-order valence-electron chi connectivity index (χ0n) is 17.0. The number of H-pyrrole nitrogens is 1. The summed E-state index contributed by atoms with van der Waals surface area (Å²) in [6.45, 7) is 3.63. The Kier molecular flexibility index (Phi) is 4.97. The first-order valence-electron chi connectivity index (χ1n) is 9.73. The average Bonchev–Trinajstić information content (AvgIpc) is 3.28. The van der Waals surface area contributed by atoms with Crippen LogP contribution in [0.2, 0.25) is 0 Å². The van der Waals surface area contributed by atoms with E-state index in [0.717, 1.165) is 5.39 Å². The number of nitriles is 1. The normalized spacial score (nSPS) is 12.9. The topological polar surface area (TPSA) is 94.7 Å². The van der Waals surface area contributed by atoms with Gasteiger partial charge in [0, 0.05) is 39.6 Å². The van der Waals surface area contributed by atoms with Gasteiger partial charge in [0.15, 0.2) is 0 Å². The standard InChI is InChI=1S/C23H20F2N4O2/c1-23(2,7-8-26)22-21(17(25)11-20(30)31)16-10-18-13(12-27-28-18)9-19(16)29(22)15-5-3-14(24)4-6-15/h3-6,9-10,12,17H,7,11H2,1-2H3,(H,27,28)(H,30,31)/t17-/m1/s1. The van der Waals surface area contributed by atoms with Crippen LogP contribution in [0, 0.1) is 17.1 Å². The van der Waals surface area contributed by atoms with Crippen molar-refractivity contribution in [1.82, 2.24) is 14.8 Å². The highest BCUT2D eigenvalue weighted by Crippen LogP contribution is 2.44. The van der Waals surface area contributed by atoms with Crippen molar-refractivity contribution in [2.24, 2.45) is 0 Å². The van der Waals surface area contributed by atoms with Crippen LogP contribution < -0.4 is 0 Å². The Morgan fingerprint density at radius 1 is 1.32 bits per heavy atom. The maximum Gasteiger partial charge on any atom is 0.306 e. The predicted octanol–water partition coefficient (Wildman–Crippen LogP) is 5.32. The lowest BCUT2D eigenvalue weighted by Gasteiger charge is -2.27. The van der Waals surface area contributed by atoms with Gasteiger partial charge in [-0.15, -0.1) is 0 Å². The summed E-state index contributed by atoms with van der Waals surface area (Å²) in [5.74, 6) is -1.67. The lowest BCUT2D eigenvalue weighted by molar-refractivity contribution is -0.138. The Morgan fingerprint density at radius 3 is 2.68 bits per heavy atom. The molecule has 158 valence electrons. The van der Waals surface area contributed by atoms with E-state index in [4.69, 9.17) is 0 Å². The number of benzene rings is 2. The molecule has 2 heterocycles. The third-order valence-electron chi connectivity index (χ3n) is 5.48. The fourth-order valence-corrected chi connectivity index (χ4v) is 4.13. The number of hydrogen-bond donors (Lipinski definition) is 2. The number of carboxylic acids is 1. The summed E-state index contributed by atoms with van der Waals surface area (Å²) in [5, 5.41) is 26.9. The van der Waals surface area contributed by atoms with Crippen molar-refractivity contribution in [3.05, 3.63) is 59.7 Å². The molecule has 0 saturated heterocycles. The van der Waals surface area contributed by atoms with E-state index < -0.39 is 29.8 Å². The Hall–Kier alpha value is -3.73. The van der Waals surface area contributed by atoms with Gasteiger partial charge in [-0.25, -0.2) is 8.78 Å². The van der Waals surface area contributed by atoms with Crippen LogP contribution in [0.5, 0.6) is 0 Å². The molecule has 0 radical (unpaired) electrons. The minimum Gasteiger partial charge on any atom is -0.481 e. The summed E-state index contributed by atoms with van der Waals surface area (Å²) in [7, 11) is 0. The van der Waals surface area contributed by atoms with Gasteiger partial charge in [-0.1, -0.05) is 13.8 Å². The molecular formula is C23H20F2N4O2. The van der Waals surface area contributed by atoms with E-state index in [0.29, 0.717) is 27.8 Å². The van der Waals surface area contributed by atoms with Crippen LogP contribution in [0.4, 0.5) is 8.78 Å². The molecule has 0 aliphatic rings. The molecule has 8 heteroatoms. The molecule has 0 saturated carbocycles. The molecule has 0 fully saturated rings. The molecular weight excluding hydrogens is 402 g/mol. The van der Waals surface area contributed by atoms with Crippen molar-refractivity contribution in [2.45, 2.75) is 38.3 Å². The molecule has 4 aromatic rings. The minimum absolute atomic E-state index is 0.0801. The monoisotopic (exact) mass is 422 g/mol. The molecule has 1 atom stereocenters. The fraction of sp³-hybridized carbons (Fsp3) is 0.261. The number of aromatic nitrogens is 3. The number of alkyl halides is 1. The molecule has 0 aliphatic heterocycles. The number of nitrogens with zero attached hydrogens (tertiary/aromatic N) is 3. The molecule has 0 amide bonds. The van der Waals surface area contributed by atoms with Crippen LogP contribution in [0.1, 0.15) is 44.1 Å². The SMILES string of the molecule is CC(C)(CC#N)c1c([C@H](F)CC(=O)O)c2cc3[nH]ncc3cc2n1-c1ccc(F)cc1. The molecule has 6 nitrogen and oxygen atoms in total. The van der Waals surface area contributed by atoms with Crippen molar-refractivity contribution in [3.8, 4) is 11.8 Å². The predicted molar refractivity (Wildman–Crippen MR) is 112 cm³/mol.